The number of ether oxygens (including phenoxy) is 1. The van der Waals surface area contributed by atoms with Gasteiger partial charge < -0.3 is 4.74 Å². The summed E-state index contributed by atoms with van der Waals surface area (Å²) in [4.78, 5) is 0. The highest BCUT2D eigenvalue weighted by atomic mass is 79.9. The molecule has 2 heteroatoms. The van der Waals surface area contributed by atoms with Crippen LogP contribution in [0.15, 0.2) is 53.0 Å². The Bertz CT molecular complexity index is 659. The Morgan fingerprint density at radius 3 is 2.57 bits per heavy atom. The molecule has 0 saturated heterocycles. The standard InChI is InChI=1S/C19H19BrO/c1-14-10-11-19(21-13-15-6-3-2-4-7-15)17(12-14)16-8-5-9-18(16)20/h2-4,6-7,10-12H,5,8-9,13H2,1H3. The Balaban J connectivity index is 1.87. The van der Waals surface area contributed by atoms with Crippen molar-refractivity contribution in [2.24, 2.45) is 0 Å². The first-order chi connectivity index (χ1) is 10.2. The second-order valence-corrected chi connectivity index (χ2v) is 6.47. The molecule has 0 aliphatic heterocycles. The molecule has 0 atom stereocenters. The molecule has 3 rings (SSSR count). The quantitative estimate of drug-likeness (QED) is 0.675. The monoisotopic (exact) mass is 342 g/mol. The van der Waals surface area contributed by atoms with E-state index in [1.807, 2.05) is 18.2 Å². The summed E-state index contributed by atoms with van der Waals surface area (Å²) in [5.74, 6) is 0.985. The maximum Gasteiger partial charge on any atom is 0.127 e. The summed E-state index contributed by atoms with van der Waals surface area (Å²) in [6.07, 6.45) is 3.50. The molecule has 1 aliphatic carbocycles. The zero-order valence-electron chi connectivity index (χ0n) is 12.2. The minimum absolute atomic E-state index is 0.613. The van der Waals surface area contributed by atoms with Gasteiger partial charge in [0, 0.05) is 5.56 Å². The molecule has 0 radical (unpaired) electrons. The molecule has 0 unspecified atom stereocenters. The molecule has 21 heavy (non-hydrogen) atoms. The Labute approximate surface area is 134 Å². The van der Waals surface area contributed by atoms with Gasteiger partial charge in [0.25, 0.3) is 0 Å². The molecule has 0 spiro atoms. The molecular weight excluding hydrogens is 324 g/mol. The van der Waals surface area contributed by atoms with Gasteiger partial charge in [0.2, 0.25) is 0 Å². The molecule has 1 nitrogen and oxygen atoms in total. The van der Waals surface area contributed by atoms with Gasteiger partial charge in [-0.05, 0) is 53.9 Å². The number of halogens is 1. The Kier molecular flexibility index (Phi) is 4.45. The van der Waals surface area contributed by atoms with E-state index in [0.717, 1.165) is 18.6 Å². The fraction of sp³-hybridized carbons (Fsp3) is 0.263. The fourth-order valence-corrected chi connectivity index (χ4v) is 3.42. The average Bonchev–Trinajstić information content (AvgIpc) is 2.93. The molecule has 0 bridgehead atoms. The first kappa shape index (κ1) is 14.4. The van der Waals surface area contributed by atoms with Gasteiger partial charge in [-0.15, -0.1) is 0 Å². The van der Waals surface area contributed by atoms with Crippen LogP contribution in [0.3, 0.4) is 0 Å². The minimum atomic E-state index is 0.613. The molecule has 0 aromatic heterocycles. The molecule has 1 aliphatic rings. The van der Waals surface area contributed by atoms with Crippen LogP contribution in [0.1, 0.15) is 36.0 Å². The van der Waals surface area contributed by atoms with Crippen molar-refractivity contribution in [1.29, 1.82) is 0 Å². The second-order valence-electron chi connectivity index (χ2n) is 5.51. The van der Waals surface area contributed by atoms with E-state index in [1.165, 1.54) is 33.2 Å². The van der Waals surface area contributed by atoms with Crippen LogP contribution < -0.4 is 4.74 Å². The van der Waals surface area contributed by atoms with Gasteiger partial charge >= 0.3 is 0 Å². The summed E-state index contributed by atoms with van der Waals surface area (Å²) in [7, 11) is 0. The maximum atomic E-state index is 6.08. The average molecular weight is 343 g/mol. The number of hydrogen-bond acceptors (Lipinski definition) is 1. The first-order valence-electron chi connectivity index (χ1n) is 7.39. The highest BCUT2D eigenvalue weighted by Crippen LogP contribution is 2.41. The maximum absolute atomic E-state index is 6.08. The summed E-state index contributed by atoms with van der Waals surface area (Å²) in [6.45, 7) is 2.75. The third kappa shape index (κ3) is 3.38. The number of hydrogen-bond donors (Lipinski definition) is 0. The van der Waals surface area contributed by atoms with Crippen molar-refractivity contribution >= 4 is 21.5 Å². The van der Waals surface area contributed by atoms with Crippen LogP contribution in [-0.4, -0.2) is 0 Å². The van der Waals surface area contributed by atoms with E-state index in [0.29, 0.717) is 6.61 Å². The highest BCUT2D eigenvalue weighted by molar-refractivity contribution is 9.11. The smallest absolute Gasteiger partial charge is 0.127 e. The summed E-state index contributed by atoms with van der Waals surface area (Å²) in [6, 6.07) is 16.8. The van der Waals surface area contributed by atoms with Crippen molar-refractivity contribution in [2.75, 3.05) is 0 Å². The molecule has 0 N–H and O–H groups in total. The SMILES string of the molecule is Cc1ccc(OCc2ccccc2)c(C2=C(Br)CCC2)c1. The summed E-state index contributed by atoms with van der Waals surface area (Å²) < 4.78 is 7.42. The van der Waals surface area contributed by atoms with Crippen molar-refractivity contribution in [3.63, 3.8) is 0 Å². The van der Waals surface area contributed by atoms with E-state index >= 15 is 0 Å². The lowest BCUT2D eigenvalue weighted by molar-refractivity contribution is 0.305. The lowest BCUT2D eigenvalue weighted by atomic mass is 10.0. The predicted octanol–water partition coefficient (Wildman–Crippen LogP) is 5.86. The Morgan fingerprint density at radius 2 is 1.86 bits per heavy atom. The van der Waals surface area contributed by atoms with Crippen molar-refractivity contribution in [2.45, 2.75) is 32.8 Å². The lowest BCUT2D eigenvalue weighted by Crippen LogP contribution is -1.98. The van der Waals surface area contributed by atoms with E-state index in [9.17, 15) is 0 Å². The molecule has 0 saturated carbocycles. The van der Waals surface area contributed by atoms with Gasteiger partial charge in [0.05, 0.1) is 0 Å². The van der Waals surface area contributed by atoms with E-state index in [1.54, 1.807) is 0 Å². The minimum Gasteiger partial charge on any atom is -0.488 e. The third-order valence-corrected chi connectivity index (χ3v) is 4.72. The van der Waals surface area contributed by atoms with Crippen LogP contribution >= 0.6 is 15.9 Å². The van der Waals surface area contributed by atoms with Crippen LogP contribution in [0.4, 0.5) is 0 Å². The fourth-order valence-electron chi connectivity index (χ4n) is 2.73. The van der Waals surface area contributed by atoms with Gasteiger partial charge in [0.1, 0.15) is 12.4 Å². The molecule has 0 fully saturated rings. The zero-order valence-corrected chi connectivity index (χ0v) is 13.8. The van der Waals surface area contributed by atoms with Crippen LogP contribution in [-0.2, 0) is 6.61 Å². The van der Waals surface area contributed by atoms with Crippen LogP contribution in [0.2, 0.25) is 0 Å². The van der Waals surface area contributed by atoms with Crippen molar-refractivity contribution in [3.05, 3.63) is 69.7 Å². The van der Waals surface area contributed by atoms with E-state index < -0.39 is 0 Å². The molecular formula is C19H19BrO. The molecule has 2 aromatic carbocycles. The Hall–Kier alpha value is -1.54. The lowest BCUT2D eigenvalue weighted by Gasteiger charge is -2.14. The number of rotatable bonds is 4. The topological polar surface area (TPSA) is 9.23 Å². The van der Waals surface area contributed by atoms with Gasteiger partial charge in [-0.1, -0.05) is 57.9 Å². The van der Waals surface area contributed by atoms with Crippen LogP contribution in [0.25, 0.3) is 5.57 Å². The number of aryl methyl sites for hydroxylation is 1. The molecule has 0 amide bonds. The summed E-state index contributed by atoms with van der Waals surface area (Å²) >= 11 is 3.72. The largest absolute Gasteiger partial charge is 0.488 e. The molecule has 108 valence electrons. The second kappa shape index (κ2) is 6.48. The van der Waals surface area contributed by atoms with Gasteiger partial charge in [-0.3, -0.25) is 0 Å². The van der Waals surface area contributed by atoms with Crippen molar-refractivity contribution in [1.82, 2.24) is 0 Å². The predicted molar refractivity (Wildman–Crippen MR) is 91.7 cm³/mol. The zero-order chi connectivity index (χ0) is 14.7. The van der Waals surface area contributed by atoms with E-state index in [-0.39, 0.29) is 0 Å². The van der Waals surface area contributed by atoms with Crippen molar-refractivity contribution in [3.8, 4) is 5.75 Å². The van der Waals surface area contributed by atoms with Gasteiger partial charge in [-0.2, -0.15) is 0 Å². The van der Waals surface area contributed by atoms with E-state index in [4.69, 9.17) is 4.74 Å². The summed E-state index contributed by atoms with van der Waals surface area (Å²) in [5.41, 5.74) is 5.12. The first-order valence-corrected chi connectivity index (χ1v) is 8.18. The van der Waals surface area contributed by atoms with Crippen LogP contribution in [0.5, 0.6) is 5.75 Å². The van der Waals surface area contributed by atoms with Crippen LogP contribution in [0, 0.1) is 6.92 Å². The number of benzene rings is 2. The molecule has 0 heterocycles. The van der Waals surface area contributed by atoms with Crippen molar-refractivity contribution < 1.29 is 4.74 Å². The normalized spacial score (nSPS) is 14.6. The highest BCUT2D eigenvalue weighted by Gasteiger charge is 2.17. The van der Waals surface area contributed by atoms with Gasteiger partial charge in [-0.25, -0.2) is 0 Å². The molecule has 2 aromatic rings. The Morgan fingerprint density at radius 1 is 1.05 bits per heavy atom. The third-order valence-electron chi connectivity index (χ3n) is 3.85. The van der Waals surface area contributed by atoms with E-state index in [2.05, 4.69) is 53.2 Å². The number of allylic oxidation sites excluding steroid dienone is 2. The summed E-state index contributed by atoms with van der Waals surface area (Å²) in [5, 5.41) is 0. The van der Waals surface area contributed by atoms with Gasteiger partial charge in [0.15, 0.2) is 0 Å².